The van der Waals surface area contributed by atoms with Crippen molar-refractivity contribution in [1.82, 2.24) is 15.0 Å². The van der Waals surface area contributed by atoms with Gasteiger partial charge in [-0.1, -0.05) is 50.3 Å². The van der Waals surface area contributed by atoms with Gasteiger partial charge in [0.25, 0.3) is 10.0 Å². The summed E-state index contributed by atoms with van der Waals surface area (Å²) in [6.45, 7) is 0. The first-order chi connectivity index (χ1) is 17.5. The molecule has 1 aliphatic carbocycles. The summed E-state index contributed by atoms with van der Waals surface area (Å²) in [6.07, 6.45) is 10.0. The average molecular weight is 504 g/mol. The lowest BCUT2D eigenvalue weighted by molar-refractivity contribution is 0.356. The van der Waals surface area contributed by atoms with Crippen molar-refractivity contribution >= 4 is 38.4 Å². The molecular formula is C27H29N5O3S. The zero-order chi connectivity index (χ0) is 25.0. The first-order valence-corrected chi connectivity index (χ1v) is 13.6. The smallest absolute Gasteiger partial charge is 0.264 e. The number of nitrogens with zero attached hydrogens (tertiary/aromatic N) is 3. The van der Waals surface area contributed by atoms with E-state index in [-0.39, 0.29) is 10.7 Å². The van der Waals surface area contributed by atoms with Crippen LogP contribution in [0.5, 0.6) is 5.75 Å². The number of ether oxygens (including phenoxy) is 1. The van der Waals surface area contributed by atoms with E-state index >= 15 is 0 Å². The number of pyridine rings is 1. The molecule has 1 aliphatic rings. The van der Waals surface area contributed by atoms with E-state index in [1.807, 2.05) is 30.3 Å². The predicted molar refractivity (Wildman–Crippen MR) is 141 cm³/mol. The van der Waals surface area contributed by atoms with Crippen LogP contribution in [0.25, 0.3) is 11.0 Å². The minimum atomic E-state index is -3.92. The summed E-state index contributed by atoms with van der Waals surface area (Å²) in [5.74, 6) is 1.76. The van der Waals surface area contributed by atoms with Crippen LogP contribution in [0.2, 0.25) is 0 Å². The van der Waals surface area contributed by atoms with Crippen molar-refractivity contribution in [3.8, 4) is 5.75 Å². The fourth-order valence-electron chi connectivity index (χ4n) is 4.66. The third kappa shape index (κ3) is 5.41. The van der Waals surface area contributed by atoms with Gasteiger partial charge < -0.3 is 10.1 Å². The van der Waals surface area contributed by atoms with Crippen LogP contribution in [0, 0.1) is 5.92 Å². The van der Waals surface area contributed by atoms with E-state index in [9.17, 15) is 8.42 Å². The number of hydrogen-bond acceptors (Lipinski definition) is 7. The fraction of sp³-hybridized carbons (Fsp3) is 0.296. The van der Waals surface area contributed by atoms with Gasteiger partial charge in [-0.3, -0.25) is 9.71 Å². The maximum absolute atomic E-state index is 13.1. The molecule has 2 aromatic carbocycles. The lowest BCUT2D eigenvalue weighted by Crippen LogP contribution is -2.16. The summed E-state index contributed by atoms with van der Waals surface area (Å²) < 4.78 is 34.3. The summed E-state index contributed by atoms with van der Waals surface area (Å²) in [6, 6.07) is 16.4. The fourth-order valence-corrected chi connectivity index (χ4v) is 5.63. The molecule has 1 fully saturated rings. The summed E-state index contributed by atoms with van der Waals surface area (Å²) in [5, 5.41) is 3.38. The second-order valence-electron chi connectivity index (χ2n) is 9.06. The van der Waals surface area contributed by atoms with E-state index in [1.54, 1.807) is 19.2 Å². The molecule has 0 bridgehead atoms. The normalized spacial score (nSPS) is 14.5. The molecule has 0 amide bonds. The lowest BCUT2D eigenvalue weighted by atomic mass is 9.84. The number of methoxy groups -OCH3 is 1. The number of benzene rings is 2. The van der Waals surface area contributed by atoms with Crippen LogP contribution < -0.4 is 14.8 Å². The van der Waals surface area contributed by atoms with Crippen molar-refractivity contribution < 1.29 is 13.2 Å². The van der Waals surface area contributed by atoms with Gasteiger partial charge in [0.05, 0.1) is 18.1 Å². The van der Waals surface area contributed by atoms with E-state index in [2.05, 4.69) is 26.1 Å². The van der Waals surface area contributed by atoms with Crippen molar-refractivity contribution in [2.75, 3.05) is 17.1 Å². The van der Waals surface area contributed by atoms with Crippen LogP contribution in [0.4, 0.5) is 17.3 Å². The van der Waals surface area contributed by atoms with Gasteiger partial charge in [-0.05, 0) is 48.2 Å². The van der Waals surface area contributed by atoms with E-state index < -0.39 is 10.0 Å². The molecule has 0 unspecified atom stereocenters. The summed E-state index contributed by atoms with van der Waals surface area (Å²) >= 11 is 0. The highest BCUT2D eigenvalue weighted by atomic mass is 32.2. The Morgan fingerprint density at radius 3 is 2.39 bits per heavy atom. The molecule has 2 N–H and O–H groups in total. The molecule has 0 spiro atoms. The summed E-state index contributed by atoms with van der Waals surface area (Å²) in [4.78, 5) is 13.3. The van der Waals surface area contributed by atoms with Gasteiger partial charge in [-0.25, -0.2) is 18.4 Å². The monoisotopic (exact) mass is 503 g/mol. The summed E-state index contributed by atoms with van der Waals surface area (Å²) in [5.41, 5.74) is 3.20. The Morgan fingerprint density at radius 2 is 1.69 bits per heavy atom. The maximum atomic E-state index is 13.1. The zero-order valence-electron chi connectivity index (χ0n) is 20.1. The minimum Gasteiger partial charge on any atom is -0.497 e. The maximum Gasteiger partial charge on any atom is 0.264 e. The Bertz CT molecular complexity index is 1460. The van der Waals surface area contributed by atoms with Gasteiger partial charge in [0.1, 0.15) is 10.6 Å². The van der Waals surface area contributed by atoms with E-state index in [1.165, 1.54) is 50.6 Å². The van der Waals surface area contributed by atoms with Gasteiger partial charge in [-0.15, -0.1) is 0 Å². The molecule has 0 aliphatic heterocycles. The Balaban J connectivity index is 1.54. The molecular weight excluding hydrogens is 474 g/mol. The third-order valence-corrected chi connectivity index (χ3v) is 7.87. The number of aromatic nitrogens is 3. The van der Waals surface area contributed by atoms with Crippen molar-refractivity contribution in [2.24, 2.45) is 5.92 Å². The van der Waals surface area contributed by atoms with Gasteiger partial charge in [-0.2, -0.15) is 0 Å². The molecule has 5 rings (SSSR count). The molecule has 9 heteroatoms. The number of para-hydroxylation sites is 2. The van der Waals surface area contributed by atoms with Crippen LogP contribution in [0.3, 0.4) is 0 Å². The first kappa shape index (κ1) is 24.0. The van der Waals surface area contributed by atoms with Crippen LogP contribution in [0.1, 0.15) is 37.7 Å². The van der Waals surface area contributed by atoms with Gasteiger partial charge in [0, 0.05) is 24.1 Å². The van der Waals surface area contributed by atoms with Gasteiger partial charge >= 0.3 is 0 Å². The topological polar surface area (TPSA) is 106 Å². The molecule has 4 aromatic rings. The molecule has 36 heavy (non-hydrogen) atoms. The lowest BCUT2D eigenvalue weighted by Gasteiger charge is -2.23. The molecule has 0 radical (unpaired) electrons. The SMILES string of the molecule is COc1ccc(CC2CCCCC2)c(Nc2nc3ccccc3nc2NS(=O)(=O)c2cccnc2)c1. The number of hydrogen-bond donors (Lipinski definition) is 2. The minimum absolute atomic E-state index is 0.0466. The van der Waals surface area contributed by atoms with E-state index in [0.29, 0.717) is 28.5 Å². The second kappa shape index (κ2) is 10.5. The van der Waals surface area contributed by atoms with Crippen molar-refractivity contribution in [3.63, 3.8) is 0 Å². The number of rotatable bonds is 8. The Morgan fingerprint density at radius 1 is 0.944 bits per heavy atom. The largest absolute Gasteiger partial charge is 0.497 e. The standard InChI is InChI=1S/C27H29N5O3S/c1-35-21-14-13-20(16-19-8-3-2-4-9-19)25(17-21)31-26-27(30-24-12-6-5-11-23(24)29-26)32-36(33,34)22-10-7-15-28-18-22/h5-7,10-15,17-19H,2-4,8-9,16H2,1H3,(H,29,31)(H,30,32). The molecule has 2 aromatic heterocycles. The number of fused-ring (bicyclic) bond motifs is 1. The third-order valence-electron chi connectivity index (χ3n) is 6.55. The highest BCUT2D eigenvalue weighted by Crippen LogP contribution is 2.34. The van der Waals surface area contributed by atoms with E-state index in [0.717, 1.165) is 17.7 Å². The highest BCUT2D eigenvalue weighted by molar-refractivity contribution is 7.92. The van der Waals surface area contributed by atoms with Crippen LogP contribution in [-0.2, 0) is 16.4 Å². The zero-order valence-corrected chi connectivity index (χ0v) is 21.0. The van der Waals surface area contributed by atoms with Crippen LogP contribution in [-0.4, -0.2) is 30.5 Å². The molecule has 1 saturated carbocycles. The molecule has 0 atom stereocenters. The Hall–Kier alpha value is -3.72. The average Bonchev–Trinajstić information content (AvgIpc) is 2.91. The van der Waals surface area contributed by atoms with Gasteiger partial charge in [0.15, 0.2) is 11.6 Å². The first-order valence-electron chi connectivity index (χ1n) is 12.2. The molecule has 2 heterocycles. The van der Waals surface area contributed by atoms with Crippen LogP contribution >= 0.6 is 0 Å². The summed E-state index contributed by atoms with van der Waals surface area (Å²) in [7, 11) is -2.29. The highest BCUT2D eigenvalue weighted by Gasteiger charge is 2.21. The second-order valence-corrected chi connectivity index (χ2v) is 10.7. The number of sulfonamides is 1. The molecule has 0 saturated heterocycles. The molecule has 186 valence electrons. The van der Waals surface area contributed by atoms with Crippen molar-refractivity contribution in [2.45, 2.75) is 43.4 Å². The Labute approximate surface area is 211 Å². The quantitative estimate of drug-likeness (QED) is 0.318. The van der Waals surface area contributed by atoms with Crippen molar-refractivity contribution in [3.05, 3.63) is 72.6 Å². The predicted octanol–water partition coefficient (Wildman–Crippen LogP) is 5.70. The van der Waals surface area contributed by atoms with Gasteiger partial charge in [0.2, 0.25) is 0 Å². The van der Waals surface area contributed by atoms with E-state index in [4.69, 9.17) is 9.72 Å². The van der Waals surface area contributed by atoms with Crippen molar-refractivity contribution in [1.29, 1.82) is 0 Å². The number of anilines is 3. The molecule has 8 nitrogen and oxygen atoms in total. The Kier molecular flexibility index (Phi) is 6.99. The van der Waals surface area contributed by atoms with Crippen LogP contribution in [0.15, 0.2) is 71.9 Å². The number of nitrogens with one attached hydrogen (secondary N) is 2.